The Morgan fingerprint density at radius 3 is 2.50 bits per heavy atom. The molecular formula is C24H34N4OS. The van der Waals surface area contributed by atoms with Gasteiger partial charge < -0.3 is 9.80 Å². The molecule has 0 N–H and O–H groups in total. The Labute approximate surface area is 183 Å². The third-order valence-electron chi connectivity index (χ3n) is 7.26. The molecule has 0 bridgehead atoms. The van der Waals surface area contributed by atoms with E-state index in [4.69, 9.17) is 9.97 Å². The van der Waals surface area contributed by atoms with Gasteiger partial charge in [0, 0.05) is 42.9 Å². The highest BCUT2D eigenvalue weighted by Gasteiger charge is 2.32. The van der Waals surface area contributed by atoms with Crippen LogP contribution in [0, 0.1) is 11.8 Å². The van der Waals surface area contributed by atoms with Crippen molar-refractivity contribution in [1.82, 2.24) is 14.9 Å². The molecule has 0 aromatic carbocycles. The number of amides is 1. The number of aryl methyl sites for hydroxylation is 1. The number of fused-ring (bicyclic) bond motifs is 3. The van der Waals surface area contributed by atoms with Gasteiger partial charge in [0.1, 0.15) is 16.5 Å². The fourth-order valence-electron chi connectivity index (χ4n) is 5.40. The lowest BCUT2D eigenvalue weighted by Crippen LogP contribution is -2.50. The van der Waals surface area contributed by atoms with Crippen LogP contribution in [-0.2, 0) is 17.6 Å². The van der Waals surface area contributed by atoms with Crippen LogP contribution >= 0.6 is 11.3 Å². The van der Waals surface area contributed by atoms with Crippen LogP contribution in [0.25, 0.3) is 10.2 Å². The third-order valence-corrected chi connectivity index (χ3v) is 8.41. The summed E-state index contributed by atoms with van der Waals surface area (Å²) >= 11 is 1.89. The molecule has 1 saturated carbocycles. The predicted octanol–water partition coefficient (Wildman–Crippen LogP) is 4.78. The van der Waals surface area contributed by atoms with E-state index in [1.54, 1.807) is 0 Å². The van der Waals surface area contributed by atoms with Crippen LogP contribution in [0.5, 0.6) is 0 Å². The Balaban J connectivity index is 1.44. The van der Waals surface area contributed by atoms with Gasteiger partial charge in [-0.1, -0.05) is 33.6 Å². The molecule has 5 rings (SSSR count). The second-order valence-corrected chi connectivity index (χ2v) is 11.0. The van der Waals surface area contributed by atoms with E-state index in [9.17, 15) is 4.79 Å². The number of anilines is 1. The first-order valence-electron chi connectivity index (χ1n) is 11.9. The van der Waals surface area contributed by atoms with Crippen molar-refractivity contribution >= 4 is 33.3 Å². The number of thiophene rings is 1. The zero-order valence-corrected chi connectivity index (χ0v) is 19.4. The lowest BCUT2D eigenvalue weighted by Gasteiger charge is -2.37. The van der Waals surface area contributed by atoms with Crippen molar-refractivity contribution in [2.45, 2.75) is 71.6 Å². The summed E-state index contributed by atoms with van der Waals surface area (Å²) in [5.41, 5.74) is 1.50. The van der Waals surface area contributed by atoms with Gasteiger partial charge in [-0.2, -0.15) is 0 Å². The van der Waals surface area contributed by atoms with Crippen molar-refractivity contribution in [2.75, 3.05) is 31.1 Å². The molecule has 3 aliphatic rings. The van der Waals surface area contributed by atoms with Gasteiger partial charge in [0.2, 0.25) is 5.91 Å². The number of nitrogens with zero attached hydrogens (tertiary/aromatic N) is 4. The van der Waals surface area contributed by atoms with Crippen LogP contribution in [0.4, 0.5) is 5.82 Å². The molecule has 2 aromatic heterocycles. The Kier molecular flexibility index (Phi) is 5.46. The monoisotopic (exact) mass is 426 g/mol. The number of carbonyl (C=O) groups is 1. The standard InChI is InChI=1S/C24H34N4OS/c1-15(2)21-25-22(20-18-9-8-16(3)14-19(18)30-23(20)26-21)27-10-12-28(13-11-27)24(29)17-6-4-5-7-17/h15-17H,4-14H2,1-3H3/t16-/m1/s1. The Bertz CT molecular complexity index is 938. The van der Waals surface area contributed by atoms with E-state index >= 15 is 0 Å². The second-order valence-electron chi connectivity index (χ2n) is 9.89. The van der Waals surface area contributed by atoms with Gasteiger partial charge >= 0.3 is 0 Å². The largest absolute Gasteiger partial charge is 0.352 e. The van der Waals surface area contributed by atoms with E-state index in [0.717, 1.165) is 63.0 Å². The molecule has 3 heterocycles. The summed E-state index contributed by atoms with van der Waals surface area (Å²) in [6.45, 7) is 10.1. The summed E-state index contributed by atoms with van der Waals surface area (Å²) in [4.78, 5) is 30.2. The molecule has 1 saturated heterocycles. The maximum Gasteiger partial charge on any atom is 0.225 e. The van der Waals surface area contributed by atoms with Crippen LogP contribution < -0.4 is 4.90 Å². The molecule has 2 fully saturated rings. The molecule has 30 heavy (non-hydrogen) atoms. The summed E-state index contributed by atoms with van der Waals surface area (Å²) in [6, 6.07) is 0. The topological polar surface area (TPSA) is 49.3 Å². The van der Waals surface area contributed by atoms with E-state index in [-0.39, 0.29) is 5.92 Å². The summed E-state index contributed by atoms with van der Waals surface area (Å²) in [5.74, 6) is 3.83. The number of carbonyl (C=O) groups excluding carboxylic acids is 1. The molecule has 5 nitrogen and oxygen atoms in total. The minimum absolute atomic E-state index is 0.278. The van der Waals surface area contributed by atoms with Crippen molar-refractivity contribution in [3.8, 4) is 0 Å². The molecule has 0 radical (unpaired) electrons. The average Bonchev–Trinajstić information content (AvgIpc) is 3.40. The minimum Gasteiger partial charge on any atom is -0.352 e. The average molecular weight is 427 g/mol. The first-order chi connectivity index (χ1) is 14.5. The van der Waals surface area contributed by atoms with Crippen LogP contribution in [-0.4, -0.2) is 47.0 Å². The highest BCUT2D eigenvalue weighted by molar-refractivity contribution is 7.19. The predicted molar refractivity (Wildman–Crippen MR) is 123 cm³/mol. The molecule has 1 aliphatic heterocycles. The number of piperazine rings is 1. The van der Waals surface area contributed by atoms with Crippen LogP contribution in [0.3, 0.4) is 0 Å². The zero-order chi connectivity index (χ0) is 20.8. The summed E-state index contributed by atoms with van der Waals surface area (Å²) in [7, 11) is 0. The molecule has 0 spiro atoms. The highest BCUT2D eigenvalue weighted by atomic mass is 32.1. The molecule has 1 atom stereocenters. The molecular weight excluding hydrogens is 392 g/mol. The fourth-order valence-corrected chi connectivity index (χ4v) is 6.78. The van der Waals surface area contributed by atoms with E-state index in [2.05, 4.69) is 30.6 Å². The number of hydrogen-bond donors (Lipinski definition) is 0. The van der Waals surface area contributed by atoms with Crippen molar-refractivity contribution in [3.05, 3.63) is 16.3 Å². The maximum absolute atomic E-state index is 12.9. The van der Waals surface area contributed by atoms with Gasteiger partial charge in [-0.25, -0.2) is 9.97 Å². The van der Waals surface area contributed by atoms with Crippen molar-refractivity contribution in [1.29, 1.82) is 0 Å². The SMILES string of the molecule is CC(C)c1nc(N2CCN(C(=O)C3CCCC3)CC2)c2c3c(sc2n1)C[C@H](C)CC3. The fraction of sp³-hybridized carbons (Fsp3) is 0.708. The first-order valence-corrected chi connectivity index (χ1v) is 12.7. The zero-order valence-electron chi connectivity index (χ0n) is 18.6. The van der Waals surface area contributed by atoms with Crippen molar-refractivity contribution in [2.24, 2.45) is 11.8 Å². The van der Waals surface area contributed by atoms with Crippen molar-refractivity contribution < 1.29 is 4.79 Å². The van der Waals surface area contributed by atoms with Crippen LogP contribution in [0.15, 0.2) is 0 Å². The molecule has 2 aromatic rings. The Morgan fingerprint density at radius 2 is 1.80 bits per heavy atom. The van der Waals surface area contributed by atoms with E-state index in [1.165, 1.54) is 46.3 Å². The third kappa shape index (κ3) is 3.61. The molecule has 162 valence electrons. The van der Waals surface area contributed by atoms with Gasteiger partial charge in [-0.05, 0) is 43.6 Å². The van der Waals surface area contributed by atoms with E-state index < -0.39 is 0 Å². The number of rotatable bonds is 3. The second kappa shape index (κ2) is 8.10. The number of hydrogen-bond acceptors (Lipinski definition) is 5. The first kappa shape index (κ1) is 20.2. The summed E-state index contributed by atoms with van der Waals surface area (Å²) in [5, 5.41) is 1.31. The maximum atomic E-state index is 12.9. The van der Waals surface area contributed by atoms with E-state index in [0.29, 0.717) is 11.8 Å². The van der Waals surface area contributed by atoms with Gasteiger partial charge in [-0.15, -0.1) is 11.3 Å². The van der Waals surface area contributed by atoms with Crippen LogP contribution in [0.1, 0.15) is 75.1 Å². The molecule has 1 amide bonds. The summed E-state index contributed by atoms with van der Waals surface area (Å²) in [6.07, 6.45) is 8.19. The molecule has 2 aliphatic carbocycles. The van der Waals surface area contributed by atoms with Gasteiger partial charge in [-0.3, -0.25) is 4.79 Å². The lowest BCUT2D eigenvalue weighted by atomic mass is 9.89. The lowest BCUT2D eigenvalue weighted by molar-refractivity contribution is -0.135. The summed E-state index contributed by atoms with van der Waals surface area (Å²) < 4.78 is 0. The van der Waals surface area contributed by atoms with Gasteiger partial charge in [0.25, 0.3) is 0 Å². The number of aromatic nitrogens is 2. The Hall–Kier alpha value is -1.69. The van der Waals surface area contributed by atoms with Gasteiger partial charge in [0.05, 0.1) is 5.39 Å². The minimum atomic E-state index is 0.278. The van der Waals surface area contributed by atoms with Crippen molar-refractivity contribution in [3.63, 3.8) is 0 Å². The van der Waals surface area contributed by atoms with Gasteiger partial charge in [0.15, 0.2) is 0 Å². The quantitative estimate of drug-likeness (QED) is 0.709. The van der Waals surface area contributed by atoms with E-state index in [1.807, 2.05) is 11.3 Å². The normalized spacial score (nSPS) is 22.9. The Morgan fingerprint density at radius 1 is 1.07 bits per heavy atom. The van der Waals surface area contributed by atoms with Crippen LogP contribution in [0.2, 0.25) is 0 Å². The highest BCUT2D eigenvalue weighted by Crippen LogP contribution is 2.41. The smallest absolute Gasteiger partial charge is 0.225 e. The molecule has 0 unspecified atom stereocenters. The molecule has 6 heteroatoms.